The molecule has 74 valence electrons. The number of hydrogen-bond acceptors (Lipinski definition) is 4. The lowest BCUT2D eigenvalue weighted by Crippen LogP contribution is -2.37. The normalized spacial score (nSPS) is 14.6. The number of nitrogens with two attached hydrogens (primary N) is 1. The lowest BCUT2D eigenvalue weighted by Gasteiger charge is -2.11. The molecule has 1 atom stereocenters. The fraction of sp³-hybridized carbons (Fsp3) is 1.00. The minimum atomic E-state index is -3.14. The quantitative estimate of drug-likeness (QED) is 0.629. The van der Waals surface area contributed by atoms with Gasteiger partial charge in [0.05, 0.1) is 5.75 Å². The summed E-state index contributed by atoms with van der Waals surface area (Å²) in [5.41, 5.74) is 5.14. The Morgan fingerprint density at radius 2 is 2.17 bits per heavy atom. The molecule has 0 aliphatic rings. The molecule has 0 saturated heterocycles. The first-order valence-corrected chi connectivity index (χ1v) is 6.75. The van der Waals surface area contributed by atoms with Crippen molar-refractivity contribution in [2.45, 2.75) is 13.0 Å². The Balaban J connectivity index is 3.89. The van der Waals surface area contributed by atoms with Gasteiger partial charge in [-0.15, -0.1) is 0 Å². The average Bonchev–Trinajstić information content (AvgIpc) is 1.85. The third-order valence-electron chi connectivity index (χ3n) is 1.18. The SMILES string of the molecule is CSCC(C)NS(=O)(=O)CCN. The maximum Gasteiger partial charge on any atom is 0.213 e. The van der Waals surface area contributed by atoms with E-state index < -0.39 is 10.0 Å². The molecule has 0 fully saturated rings. The maximum atomic E-state index is 11.1. The van der Waals surface area contributed by atoms with Crippen LogP contribution in [0.4, 0.5) is 0 Å². The minimum absolute atomic E-state index is 0.00568. The Morgan fingerprint density at radius 1 is 1.58 bits per heavy atom. The largest absolute Gasteiger partial charge is 0.329 e. The Labute approximate surface area is 78.3 Å². The summed E-state index contributed by atoms with van der Waals surface area (Å²) in [5, 5.41) is 0. The van der Waals surface area contributed by atoms with Gasteiger partial charge in [0.2, 0.25) is 10.0 Å². The molecule has 0 aromatic rings. The van der Waals surface area contributed by atoms with Crippen LogP contribution in [-0.4, -0.2) is 38.8 Å². The molecule has 12 heavy (non-hydrogen) atoms. The fourth-order valence-corrected chi connectivity index (χ4v) is 2.62. The first-order chi connectivity index (χ1) is 5.52. The van der Waals surface area contributed by atoms with E-state index in [2.05, 4.69) is 4.72 Å². The number of thioether (sulfide) groups is 1. The Bertz CT molecular complexity index is 204. The van der Waals surface area contributed by atoms with E-state index in [0.717, 1.165) is 5.75 Å². The molecule has 0 saturated carbocycles. The van der Waals surface area contributed by atoms with Crippen LogP contribution < -0.4 is 10.5 Å². The third-order valence-corrected chi connectivity index (χ3v) is 3.55. The number of hydrogen-bond donors (Lipinski definition) is 2. The van der Waals surface area contributed by atoms with Gasteiger partial charge in [0.1, 0.15) is 0 Å². The van der Waals surface area contributed by atoms with E-state index in [1.165, 1.54) is 0 Å². The van der Waals surface area contributed by atoms with Gasteiger partial charge in [-0.25, -0.2) is 13.1 Å². The Kier molecular flexibility index (Phi) is 5.90. The monoisotopic (exact) mass is 212 g/mol. The van der Waals surface area contributed by atoms with Crippen molar-refractivity contribution in [1.29, 1.82) is 0 Å². The molecule has 0 spiro atoms. The highest BCUT2D eigenvalue weighted by Gasteiger charge is 2.12. The fourth-order valence-electron chi connectivity index (χ4n) is 0.805. The maximum absolute atomic E-state index is 11.1. The van der Waals surface area contributed by atoms with E-state index in [1.54, 1.807) is 11.8 Å². The number of sulfonamides is 1. The van der Waals surface area contributed by atoms with Gasteiger partial charge in [-0.1, -0.05) is 0 Å². The average molecular weight is 212 g/mol. The van der Waals surface area contributed by atoms with Crippen LogP contribution in [0.3, 0.4) is 0 Å². The molecule has 1 unspecified atom stereocenters. The molecule has 0 heterocycles. The van der Waals surface area contributed by atoms with Gasteiger partial charge >= 0.3 is 0 Å². The lowest BCUT2D eigenvalue weighted by atomic mass is 10.4. The first-order valence-electron chi connectivity index (χ1n) is 3.71. The van der Waals surface area contributed by atoms with Crippen molar-refractivity contribution in [3.8, 4) is 0 Å². The summed E-state index contributed by atoms with van der Waals surface area (Å²) >= 11 is 1.61. The molecule has 0 radical (unpaired) electrons. The highest BCUT2D eigenvalue weighted by atomic mass is 32.2. The summed E-state index contributed by atoms with van der Waals surface area (Å²) in [6, 6.07) is -0.0171. The summed E-state index contributed by atoms with van der Waals surface area (Å²) in [6.45, 7) is 2.01. The standard InChI is InChI=1S/C6H16N2O2S2/c1-6(5-11-2)8-12(9,10)4-3-7/h6,8H,3-5,7H2,1-2H3. The van der Waals surface area contributed by atoms with E-state index in [0.29, 0.717) is 0 Å². The van der Waals surface area contributed by atoms with Crippen LogP contribution in [0.2, 0.25) is 0 Å². The van der Waals surface area contributed by atoms with E-state index in [4.69, 9.17) is 5.73 Å². The summed E-state index contributed by atoms with van der Waals surface area (Å²) < 4.78 is 24.8. The molecular weight excluding hydrogens is 196 g/mol. The van der Waals surface area contributed by atoms with Crippen molar-refractivity contribution in [1.82, 2.24) is 4.72 Å². The van der Waals surface area contributed by atoms with Gasteiger partial charge in [-0.3, -0.25) is 0 Å². The van der Waals surface area contributed by atoms with Crippen molar-refractivity contribution in [3.05, 3.63) is 0 Å². The van der Waals surface area contributed by atoms with Crippen molar-refractivity contribution in [3.63, 3.8) is 0 Å². The highest BCUT2D eigenvalue weighted by molar-refractivity contribution is 7.98. The second-order valence-corrected chi connectivity index (χ2v) is 5.37. The van der Waals surface area contributed by atoms with Gasteiger partial charge in [0.15, 0.2) is 0 Å². The van der Waals surface area contributed by atoms with Crippen molar-refractivity contribution in [2.24, 2.45) is 5.73 Å². The lowest BCUT2D eigenvalue weighted by molar-refractivity contribution is 0.571. The molecular formula is C6H16N2O2S2. The predicted molar refractivity (Wildman–Crippen MR) is 53.8 cm³/mol. The second-order valence-electron chi connectivity index (χ2n) is 2.58. The summed E-state index contributed by atoms with van der Waals surface area (Å²) in [4.78, 5) is 0. The summed E-state index contributed by atoms with van der Waals surface area (Å²) in [5.74, 6) is 0.787. The van der Waals surface area contributed by atoms with Crippen LogP contribution in [0.5, 0.6) is 0 Å². The van der Waals surface area contributed by atoms with Gasteiger partial charge in [-0.05, 0) is 13.2 Å². The van der Waals surface area contributed by atoms with Crippen molar-refractivity contribution >= 4 is 21.8 Å². The van der Waals surface area contributed by atoms with Crippen LogP contribution in [0, 0.1) is 0 Å². The van der Waals surface area contributed by atoms with E-state index in [-0.39, 0.29) is 18.3 Å². The van der Waals surface area contributed by atoms with Gasteiger partial charge in [0.25, 0.3) is 0 Å². The zero-order chi connectivity index (χ0) is 9.61. The minimum Gasteiger partial charge on any atom is -0.329 e. The van der Waals surface area contributed by atoms with Crippen LogP contribution in [0.15, 0.2) is 0 Å². The highest BCUT2D eigenvalue weighted by Crippen LogP contribution is 1.97. The second kappa shape index (κ2) is 5.80. The van der Waals surface area contributed by atoms with E-state index in [9.17, 15) is 8.42 Å². The number of rotatable bonds is 6. The molecule has 0 bridgehead atoms. The first kappa shape index (κ1) is 12.2. The smallest absolute Gasteiger partial charge is 0.213 e. The molecule has 3 N–H and O–H groups in total. The summed E-state index contributed by atoms with van der Waals surface area (Å²) in [7, 11) is -3.14. The van der Waals surface area contributed by atoms with E-state index in [1.807, 2.05) is 13.2 Å². The summed E-state index contributed by atoms with van der Waals surface area (Å²) in [6.07, 6.45) is 1.94. The molecule has 4 nitrogen and oxygen atoms in total. The third kappa shape index (κ3) is 5.82. The molecule has 0 amide bonds. The molecule has 6 heteroatoms. The molecule has 0 aromatic carbocycles. The topological polar surface area (TPSA) is 72.2 Å². The molecule has 0 aliphatic heterocycles. The van der Waals surface area contributed by atoms with Crippen LogP contribution in [0.25, 0.3) is 0 Å². The number of nitrogens with one attached hydrogen (secondary N) is 1. The van der Waals surface area contributed by atoms with E-state index >= 15 is 0 Å². The zero-order valence-corrected chi connectivity index (χ0v) is 9.04. The zero-order valence-electron chi connectivity index (χ0n) is 7.41. The predicted octanol–water partition coefficient (Wildman–Crippen LogP) is -0.384. The van der Waals surface area contributed by atoms with Gasteiger partial charge in [0, 0.05) is 18.3 Å². The van der Waals surface area contributed by atoms with Gasteiger partial charge in [-0.2, -0.15) is 11.8 Å². The Hall–Kier alpha value is 0.220. The van der Waals surface area contributed by atoms with Crippen molar-refractivity contribution < 1.29 is 8.42 Å². The Morgan fingerprint density at radius 3 is 2.58 bits per heavy atom. The van der Waals surface area contributed by atoms with Crippen LogP contribution >= 0.6 is 11.8 Å². The molecule has 0 rings (SSSR count). The molecule has 0 aliphatic carbocycles. The van der Waals surface area contributed by atoms with Crippen LogP contribution in [-0.2, 0) is 10.0 Å². The van der Waals surface area contributed by atoms with Crippen LogP contribution in [0.1, 0.15) is 6.92 Å². The van der Waals surface area contributed by atoms with Gasteiger partial charge < -0.3 is 5.73 Å². The van der Waals surface area contributed by atoms with Crippen molar-refractivity contribution in [2.75, 3.05) is 24.3 Å². The molecule has 0 aromatic heterocycles.